The summed E-state index contributed by atoms with van der Waals surface area (Å²) in [6.45, 7) is 8.00. The van der Waals surface area contributed by atoms with Gasteiger partial charge >= 0.3 is 11.7 Å². The van der Waals surface area contributed by atoms with Crippen LogP contribution >= 0.6 is 0 Å². The molecule has 2 aromatic carbocycles. The number of nitrogens with one attached hydrogen (secondary N) is 1. The van der Waals surface area contributed by atoms with Crippen LogP contribution in [0.5, 0.6) is 0 Å². The zero-order valence-electron chi connectivity index (χ0n) is 20.0. The standard InChI is InChI=1S/C26H27N5O4/c1-15-19(5-6-20-21(15)14-34-25(20)32)22-13-30(9-8-27-22)12-17-11-28-31(16(17)2)18-4-7-24-23(10-18)29(3)26(33)35-24/h4-7,10-11,22,27H,8-9,12-14H2,1-3H3/t22-/m0/s1. The molecular formula is C26H27N5O4. The number of hydrogen-bond acceptors (Lipinski definition) is 7. The van der Waals surface area contributed by atoms with E-state index in [0.717, 1.165) is 59.8 Å². The Balaban J connectivity index is 1.23. The number of oxazole rings is 1. The van der Waals surface area contributed by atoms with Crippen LogP contribution in [0.3, 0.4) is 0 Å². The fourth-order valence-corrected chi connectivity index (χ4v) is 5.25. The summed E-state index contributed by atoms with van der Waals surface area (Å²) in [5.41, 5.74) is 8.49. The van der Waals surface area contributed by atoms with Crippen molar-refractivity contribution in [2.45, 2.75) is 33.0 Å². The molecule has 0 radical (unpaired) electrons. The first-order valence-corrected chi connectivity index (χ1v) is 11.8. The first-order chi connectivity index (χ1) is 16.9. The Morgan fingerprint density at radius 1 is 1.17 bits per heavy atom. The van der Waals surface area contributed by atoms with Crippen molar-refractivity contribution in [3.63, 3.8) is 0 Å². The molecule has 1 atom stereocenters. The first kappa shape index (κ1) is 21.8. The highest BCUT2D eigenvalue weighted by atomic mass is 16.5. The molecule has 2 aliphatic heterocycles. The second-order valence-corrected chi connectivity index (χ2v) is 9.37. The Kier molecular flexibility index (Phi) is 5.12. The molecular weight excluding hydrogens is 446 g/mol. The monoisotopic (exact) mass is 473 g/mol. The summed E-state index contributed by atoms with van der Waals surface area (Å²) in [5.74, 6) is -0.601. The van der Waals surface area contributed by atoms with Crippen molar-refractivity contribution >= 4 is 17.1 Å². The Morgan fingerprint density at radius 3 is 2.89 bits per heavy atom. The number of hydrogen-bond donors (Lipinski definition) is 1. The Morgan fingerprint density at radius 2 is 2.03 bits per heavy atom. The summed E-state index contributed by atoms with van der Waals surface area (Å²) in [6.07, 6.45) is 1.93. The Labute approximate surface area is 201 Å². The van der Waals surface area contributed by atoms with Gasteiger partial charge in [-0.05, 0) is 49.2 Å². The quantitative estimate of drug-likeness (QED) is 0.456. The molecule has 6 rings (SSSR count). The predicted octanol–water partition coefficient (Wildman–Crippen LogP) is 2.75. The number of rotatable bonds is 4. The van der Waals surface area contributed by atoms with Gasteiger partial charge in [0.15, 0.2) is 5.58 Å². The van der Waals surface area contributed by atoms with Gasteiger partial charge in [0.1, 0.15) is 6.61 Å². The summed E-state index contributed by atoms with van der Waals surface area (Å²) in [4.78, 5) is 26.2. The number of piperazine rings is 1. The maximum atomic E-state index is 11.9. The summed E-state index contributed by atoms with van der Waals surface area (Å²) < 4.78 is 13.9. The van der Waals surface area contributed by atoms with Crippen molar-refractivity contribution in [3.05, 3.63) is 80.6 Å². The summed E-state index contributed by atoms with van der Waals surface area (Å²) in [6, 6.07) is 9.80. The molecule has 1 N–H and O–H groups in total. The molecule has 0 aliphatic carbocycles. The third-order valence-electron chi connectivity index (χ3n) is 7.37. The number of carbonyl (C=O) groups is 1. The van der Waals surface area contributed by atoms with Crippen molar-refractivity contribution in [3.8, 4) is 5.69 Å². The van der Waals surface area contributed by atoms with Crippen LogP contribution in [-0.2, 0) is 24.9 Å². The van der Waals surface area contributed by atoms with Crippen LogP contribution in [0, 0.1) is 13.8 Å². The van der Waals surface area contributed by atoms with Crippen LogP contribution in [-0.4, -0.2) is 44.9 Å². The lowest BCUT2D eigenvalue weighted by molar-refractivity contribution is 0.0535. The molecule has 0 amide bonds. The minimum absolute atomic E-state index is 0.185. The molecule has 4 heterocycles. The van der Waals surface area contributed by atoms with Gasteiger partial charge in [-0.2, -0.15) is 5.10 Å². The Bertz CT molecular complexity index is 1530. The number of cyclic esters (lactones) is 1. The molecule has 0 saturated carbocycles. The van der Waals surface area contributed by atoms with Crippen molar-refractivity contribution in [1.82, 2.24) is 24.6 Å². The molecule has 1 fully saturated rings. The molecule has 0 unspecified atom stereocenters. The molecule has 0 bridgehead atoms. The van der Waals surface area contributed by atoms with Crippen LogP contribution in [0.2, 0.25) is 0 Å². The molecule has 35 heavy (non-hydrogen) atoms. The SMILES string of the molecule is Cc1c([C@@H]2CN(Cc3cnn(-c4ccc5oc(=O)n(C)c5c4)c3C)CCN2)ccc2c1COC2=O. The van der Waals surface area contributed by atoms with E-state index in [1.54, 1.807) is 7.05 Å². The normalized spacial score (nSPS) is 18.3. The number of aryl methyl sites for hydroxylation is 1. The summed E-state index contributed by atoms with van der Waals surface area (Å²) >= 11 is 0. The fourth-order valence-electron chi connectivity index (χ4n) is 5.25. The van der Waals surface area contributed by atoms with E-state index in [1.165, 1.54) is 10.1 Å². The number of fused-ring (bicyclic) bond motifs is 2. The Hall–Kier alpha value is -3.69. The zero-order valence-corrected chi connectivity index (χ0v) is 20.0. The topological polar surface area (TPSA) is 94.5 Å². The van der Waals surface area contributed by atoms with Gasteiger partial charge in [0, 0.05) is 56.1 Å². The second-order valence-electron chi connectivity index (χ2n) is 9.37. The third kappa shape index (κ3) is 3.59. The maximum absolute atomic E-state index is 11.9. The number of benzene rings is 2. The summed E-state index contributed by atoms with van der Waals surface area (Å²) in [7, 11) is 1.70. The lowest BCUT2D eigenvalue weighted by Gasteiger charge is -2.34. The van der Waals surface area contributed by atoms with Crippen molar-refractivity contribution < 1.29 is 13.9 Å². The van der Waals surface area contributed by atoms with Gasteiger partial charge in [-0.1, -0.05) is 6.07 Å². The van der Waals surface area contributed by atoms with Crippen LogP contribution in [0.1, 0.15) is 44.3 Å². The van der Waals surface area contributed by atoms with Gasteiger partial charge in [-0.3, -0.25) is 9.47 Å². The van der Waals surface area contributed by atoms with E-state index in [-0.39, 0.29) is 17.8 Å². The first-order valence-electron chi connectivity index (χ1n) is 11.8. The lowest BCUT2D eigenvalue weighted by atomic mass is 9.93. The van der Waals surface area contributed by atoms with Gasteiger partial charge in [0.25, 0.3) is 0 Å². The second kappa shape index (κ2) is 8.21. The van der Waals surface area contributed by atoms with E-state index >= 15 is 0 Å². The van der Waals surface area contributed by atoms with Crippen molar-refractivity contribution in [1.29, 1.82) is 0 Å². The van der Waals surface area contributed by atoms with Gasteiger partial charge in [0.2, 0.25) is 0 Å². The number of esters is 1. The van der Waals surface area contributed by atoms with Crippen LogP contribution < -0.4 is 11.1 Å². The smallest absolute Gasteiger partial charge is 0.419 e. The van der Waals surface area contributed by atoms with E-state index in [9.17, 15) is 9.59 Å². The maximum Gasteiger partial charge on any atom is 0.419 e. The fraction of sp³-hybridized carbons (Fsp3) is 0.346. The van der Waals surface area contributed by atoms with Gasteiger partial charge in [0.05, 0.1) is 23.0 Å². The number of aromatic nitrogens is 3. The zero-order chi connectivity index (χ0) is 24.3. The van der Waals surface area contributed by atoms with Crippen LogP contribution in [0.25, 0.3) is 16.8 Å². The van der Waals surface area contributed by atoms with E-state index in [2.05, 4.69) is 35.2 Å². The minimum atomic E-state index is -0.374. The molecule has 180 valence electrons. The highest BCUT2D eigenvalue weighted by Gasteiger charge is 2.28. The number of ether oxygens (including phenoxy) is 1. The molecule has 2 aliphatic rings. The highest BCUT2D eigenvalue weighted by Crippen LogP contribution is 2.30. The van der Waals surface area contributed by atoms with Crippen LogP contribution in [0.15, 0.2) is 45.7 Å². The van der Waals surface area contributed by atoms with E-state index in [4.69, 9.17) is 9.15 Å². The molecule has 9 nitrogen and oxygen atoms in total. The van der Waals surface area contributed by atoms with Gasteiger partial charge in [-0.15, -0.1) is 0 Å². The van der Waals surface area contributed by atoms with Crippen molar-refractivity contribution in [2.24, 2.45) is 7.05 Å². The molecule has 9 heteroatoms. The van der Waals surface area contributed by atoms with Crippen molar-refractivity contribution in [2.75, 3.05) is 19.6 Å². The average Bonchev–Trinajstić information content (AvgIpc) is 3.50. The molecule has 0 spiro atoms. The largest absolute Gasteiger partial charge is 0.457 e. The van der Waals surface area contributed by atoms with Crippen LogP contribution in [0.4, 0.5) is 0 Å². The number of carbonyl (C=O) groups excluding carboxylic acids is 1. The summed E-state index contributed by atoms with van der Waals surface area (Å²) in [5, 5.41) is 8.28. The third-order valence-corrected chi connectivity index (χ3v) is 7.37. The van der Waals surface area contributed by atoms with E-state index in [0.29, 0.717) is 17.8 Å². The van der Waals surface area contributed by atoms with E-state index in [1.807, 2.05) is 35.1 Å². The predicted molar refractivity (Wildman–Crippen MR) is 130 cm³/mol. The van der Waals surface area contributed by atoms with Gasteiger partial charge < -0.3 is 14.5 Å². The lowest BCUT2D eigenvalue weighted by Crippen LogP contribution is -2.45. The average molecular weight is 474 g/mol. The highest BCUT2D eigenvalue weighted by molar-refractivity contribution is 5.94. The van der Waals surface area contributed by atoms with E-state index < -0.39 is 0 Å². The molecule has 4 aromatic rings. The minimum Gasteiger partial charge on any atom is -0.457 e. The van der Waals surface area contributed by atoms with Gasteiger partial charge in [-0.25, -0.2) is 14.3 Å². The molecule has 1 saturated heterocycles. The number of nitrogens with zero attached hydrogens (tertiary/aromatic N) is 4. The molecule has 2 aromatic heterocycles.